The molecule has 1 atom stereocenters. The minimum Gasteiger partial charge on any atom is -0.496 e. The predicted molar refractivity (Wildman–Crippen MR) is 129 cm³/mol. The molecule has 4 aromatic rings. The van der Waals surface area contributed by atoms with Crippen LogP contribution in [0.1, 0.15) is 0 Å². The molecule has 0 aliphatic rings. The Morgan fingerprint density at radius 1 is 0.828 bits per heavy atom. The van der Waals surface area contributed by atoms with Gasteiger partial charge in [0, 0.05) is 11.1 Å². The molecule has 1 unspecified atom stereocenters. The van der Waals surface area contributed by atoms with Crippen molar-refractivity contribution in [2.24, 2.45) is 0 Å². The van der Waals surface area contributed by atoms with Gasteiger partial charge in [-0.2, -0.15) is 0 Å². The Bertz CT molecular complexity index is 1260. The zero-order valence-corrected chi connectivity index (χ0v) is 19.5. The van der Waals surface area contributed by atoms with Gasteiger partial charge in [-0.05, 0) is 44.4 Å². The van der Waals surface area contributed by atoms with Crippen molar-refractivity contribution in [1.82, 2.24) is 0 Å². The van der Waals surface area contributed by atoms with E-state index in [0.717, 1.165) is 38.4 Å². The Hall–Kier alpha value is -2.14. The van der Waals surface area contributed by atoms with Crippen LogP contribution in [0, 0.1) is 0 Å². The molecule has 0 saturated heterocycles. The number of hydrogen-bond acceptors (Lipinski definition) is 2. The van der Waals surface area contributed by atoms with Gasteiger partial charge in [0.25, 0.3) is 0 Å². The lowest BCUT2D eigenvalue weighted by Gasteiger charge is -2.20. The Balaban J connectivity index is 2.16. The van der Waals surface area contributed by atoms with Crippen LogP contribution in [-0.4, -0.2) is 19.4 Å². The van der Waals surface area contributed by atoms with Crippen LogP contribution in [0.4, 0.5) is 0 Å². The fourth-order valence-corrected chi connectivity index (χ4v) is 5.95. The minimum atomic E-state index is -1.65. The zero-order chi connectivity index (χ0) is 20.8. The molecule has 5 heteroatoms. The highest BCUT2D eigenvalue weighted by Gasteiger charge is 2.22. The average molecular weight is 439 g/mol. The standard InChI is InChI=1S/C24H23ClO2SSi/c1-27-21-13-9-17-15-18(29(2,3)4)11-12-20(17)23(21)24-19-8-6-5-7-16(19)10-14-22(24)28(25)26/h5-15H,1-4H3. The summed E-state index contributed by atoms with van der Waals surface area (Å²) in [6.45, 7) is 7.04. The summed E-state index contributed by atoms with van der Waals surface area (Å²) in [6.07, 6.45) is 0. The summed E-state index contributed by atoms with van der Waals surface area (Å²) in [5.74, 6) is 0.748. The van der Waals surface area contributed by atoms with Crippen LogP contribution in [0.5, 0.6) is 5.75 Å². The monoisotopic (exact) mass is 438 g/mol. The molecule has 0 aromatic heterocycles. The quantitative estimate of drug-likeness (QED) is 0.269. The summed E-state index contributed by atoms with van der Waals surface area (Å²) in [5.41, 5.74) is 1.81. The van der Waals surface area contributed by atoms with Crippen LogP contribution < -0.4 is 9.92 Å². The largest absolute Gasteiger partial charge is 0.496 e. The Morgan fingerprint density at radius 3 is 2.21 bits per heavy atom. The molecule has 4 rings (SSSR count). The molecule has 0 bridgehead atoms. The third-order valence-corrected chi connectivity index (χ3v) is 8.61. The van der Waals surface area contributed by atoms with Crippen molar-refractivity contribution >= 4 is 55.5 Å². The summed E-state index contributed by atoms with van der Waals surface area (Å²) in [4.78, 5) is 0.602. The maximum Gasteiger partial charge on any atom is 0.148 e. The first-order chi connectivity index (χ1) is 13.8. The smallest absolute Gasteiger partial charge is 0.148 e. The lowest BCUT2D eigenvalue weighted by molar-refractivity contribution is 0.417. The van der Waals surface area contributed by atoms with Crippen LogP contribution in [-0.2, 0) is 10.0 Å². The molecular formula is C24H23ClO2SSi. The lowest BCUT2D eigenvalue weighted by atomic mass is 9.93. The highest BCUT2D eigenvalue weighted by atomic mass is 35.7. The number of halogens is 1. The molecule has 148 valence electrons. The van der Waals surface area contributed by atoms with Crippen LogP contribution in [0.15, 0.2) is 71.6 Å². The average Bonchev–Trinajstić information content (AvgIpc) is 2.70. The Kier molecular flexibility index (Phi) is 5.28. The third kappa shape index (κ3) is 3.61. The van der Waals surface area contributed by atoms with Crippen LogP contribution in [0.3, 0.4) is 0 Å². The van der Waals surface area contributed by atoms with Crippen LogP contribution in [0.2, 0.25) is 19.6 Å². The zero-order valence-electron chi connectivity index (χ0n) is 17.0. The van der Waals surface area contributed by atoms with Crippen molar-refractivity contribution in [3.63, 3.8) is 0 Å². The van der Waals surface area contributed by atoms with Gasteiger partial charge in [0.1, 0.15) is 15.8 Å². The van der Waals surface area contributed by atoms with E-state index in [-0.39, 0.29) is 0 Å². The molecule has 2 nitrogen and oxygen atoms in total. The molecule has 0 heterocycles. The van der Waals surface area contributed by atoms with E-state index in [0.29, 0.717) is 4.90 Å². The molecule has 0 fully saturated rings. The first-order valence-corrected chi connectivity index (χ1v) is 15.0. The molecule has 0 aliphatic heterocycles. The SMILES string of the molecule is COc1ccc2cc([Si](C)(C)C)ccc2c1-c1c(S(=O)Cl)ccc2ccccc12. The number of rotatable bonds is 4. The molecule has 29 heavy (non-hydrogen) atoms. The van der Waals surface area contributed by atoms with Gasteiger partial charge in [0.05, 0.1) is 20.1 Å². The molecule has 4 aromatic carbocycles. The molecule has 0 spiro atoms. The van der Waals surface area contributed by atoms with Crippen molar-refractivity contribution in [2.75, 3.05) is 7.11 Å². The molecular weight excluding hydrogens is 416 g/mol. The van der Waals surface area contributed by atoms with Gasteiger partial charge in [-0.25, -0.2) is 4.21 Å². The van der Waals surface area contributed by atoms with E-state index in [1.165, 1.54) is 5.19 Å². The van der Waals surface area contributed by atoms with Crippen LogP contribution >= 0.6 is 10.7 Å². The maximum absolute atomic E-state index is 12.4. The second-order valence-corrected chi connectivity index (χ2v) is 15.0. The van der Waals surface area contributed by atoms with Gasteiger partial charge < -0.3 is 4.74 Å². The fourth-order valence-electron chi connectivity index (χ4n) is 3.85. The summed E-state index contributed by atoms with van der Waals surface area (Å²) >= 11 is 0. The van der Waals surface area contributed by atoms with Gasteiger partial charge >= 0.3 is 0 Å². The molecule has 0 N–H and O–H groups in total. The third-order valence-electron chi connectivity index (χ3n) is 5.38. The number of hydrogen-bond donors (Lipinski definition) is 0. The maximum atomic E-state index is 12.4. The van der Waals surface area contributed by atoms with Gasteiger partial charge in [0.2, 0.25) is 0 Å². The normalized spacial score (nSPS) is 13.0. The second-order valence-electron chi connectivity index (χ2n) is 8.21. The molecule has 0 aliphatic carbocycles. The van der Waals surface area contributed by atoms with E-state index < -0.39 is 18.1 Å². The van der Waals surface area contributed by atoms with Crippen molar-refractivity contribution in [3.8, 4) is 16.9 Å². The van der Waals surface area contributed by atoms with E-state index in [1.54, 1.807) is 7.11 Å². The van der Waals surface area contributed by atoms with E-state index in [4.69, 9.17) is 15.4 Å². The molecule has 0 saturated carbocycles. The first kappa shape index (κ1) is 20.1. The summed E-state index contributed by atoms with van der Waals surface area (Å²) < 4.78 is 18.2. The predicted octanol–water partition coefficient (Wildman–Crippen LogP) is 6.48. The Labute approximate surface area is 179 Å². The molecule has 0 radical (unpaired) electrons. The summed E-state index contributed by atoms with van der Waals surface area (Å²) in [5, 5.41) is 5.72. The fraction of sp³-hybridized carbons (Fsp3) is 0.167. The van der Waals surface area contributed by atoms with Crippen molar-refractivity contribution in [1.29, 1.82) is 0 Å². The highest BCUT2D eigenvalue weighted by Crippen LogP contribution is 2.43. The van der Waals surface area contributed by atoms with E-state index >= 15 is 0 Å². The van der Waals surface area contributed by atoms with Gasteiger partial charge in [-0.15, -0.1) is 0 Å². The number of fused-ring (bicyclic) bond motifs is 2. The van der Waals surface area contributed by atoms with Crippen molar-refractivity contribution in [2.45, 2.75) is 24.5 Å². The number of benzene rings is 4. The Morgan fingerprint density at radius 2 is 1.52 bits per heavy atom. The number of methoxy groups -OCH3 is 1. The minimum absolute atomic E-state index is 0.602. The summed E-state index contributed by atoms with van der Waals surface area (Å²) in [7, 11) is 4.71. The second kappa shape index (κ2) is 7.60. The lowest BCUT2D eigenvalue weighted by Crippen LogP contribution is -2.37. The number of ether oxygens (including phenoxy) is 1. The van der Waals surface area contributed by atoms with E-state index in [9.17, 15) is 4.21 Å². The van der Waals surface area contributed by atoms with Crippen molar-refractivity contribution in [3.05, 3.63) is 66.7 Å². The van der Waals surface area contributed by atoms with E-state index in [1.807, 2.05) is 36.4 Å². The van der Waals surface area contributed by atoms with Gasteiger partial charge in [0.15, 0.2) is 0 Å². The van der Waals surface area contributed by atoms with Gasteiger partial charge in [-0.1, -0.05) is 79.4 Å². The van der Waals surface area contributed by atoms with Crippen LogP contribution in [0.25, 0.3) is 32.7 Å². The highest BCUT2D eigenvalue weighted by molar-refractivity contribution is 8.08. The first-order valence-electron chi connectivity index (χ1n) is 9.52. The topological polar surface area (TPSA) is 26.3 Å². The summed E-state index contributed by atoms with van der Waals surface area (Å²) in [6, 6.07) is 22.7. The van der Waals surface area contributed by atoms with Gasteiger partial charge in [-0.3, -0.25) is 0 Å². The van der Waals surface area contributed by atoms with E-state index in [2.05, 4.69) is 50.0 Å². The van der Waals surface area contributed by atoms with Crippen molar-refractivity contribution < 1.29 is 8.95 Å². The molecule has 0 amide bonds.